The summed E-state index contributed by atoms with van der Waals surface area (Å²) in [7, 11) is -3.18. The molecular formula is C16H25NO2S. The molecule has 0 radical (unpaired) electrons. The minimum Gasteiger partial charge on any atom is -0.381 e. The van der Waals surface area contributed by atoms with E-state index in [1.54, 1.807) is 12.1 Å². The molecule has 1 aliphatic rings. The second-order valence-electron chi connectivity index (χ2n) is 6.70. The van der Waals surface area contributed by atoms with Gasteiger partial charge in [-0.3, -0.25) is 0 Å². The van der Waals surface area contributed by atoms with Gasteiger partial charge in [-0.05, 0) is 43.2 Å². The van der Waals surface area contributed by atoms with Crippen molar-refractivity contribution < 1.29 is 8.42 Å². The number of para-hydroxylation sites is 1. The van der Waals surface area contributed by atoms with Gasteiger partial charge in [0.1, 0.15) is 0 Å². The summed E-state index contributed by atoms with van der Waals surface area (Å²) < 4.78 is 23.7. The van der Waals surface area contributed by atoms with Crippen molar-refractivity contribution in [2.24, 2.45) is 5.41 Å². The van der Waals surface area contributed by atoms with Gasteiger partial charge in [-0.15, -0.1) is 0 Å². The highest BCUT2D eigenvalue weighted by molar-refractivity contribution is 7.90. The smallest absolute Gasteiger partial charge is 0.177 e. The first kappa shape index (κ1) is 15.4. The summed E-state index contributed by atoms with van der Waals surface area (Å²) in [5.74, 6) is 0. The highest BCUT2D eigenvalue weighted by atomic mass is 32.2. The predicted octanol–water partition coefficient (Wildman–Crippen LogP) is 3.86. The largest absolute Gasteiger partial charge is 0.381 e. The van der Waals surface area contributed by atoms with Crippen molar-refractivity contribution in [3.05, 3.63) is 24.3 Å². The van der Waals surface area contributed by atoms with Crippen LogP contribution in [0.2, 0.25) is 0 Å². The minimum absolute atomic E-state index is 0.375. The lowest BCUT2D eigenvalue weighted by Crippen LogP contribution is -2.20. The summed E-state index contributed by atoms with van der Waals surface area (Å²) in [4.78, 5) is 0.406. The van der Waals surface area contributed by atoms with E-state index < -0.39 is 9.84 Å². The zero-order chi connectivity index (χ0) is 14.8. The SMILES string of the molecule is CC1(C)CCCC(Nc2ccccc2S(C)(=O)=O)CC1. The number of rotatable bonds is 3. The molecule has 3 nitrogen and oxygen atoms in total. The lowest BCUT2D eigenvalue weighted by Gasteiger charge is -2.23. The van der Waals surface area contributed by atoms with Gasteiger partial charge in [0.15, 0.2) is 9.84 Å². The van der Waals surface area contributed by atoms with Crippen LogP contribution < -0.4 is 5.32 Å². The van der Waals surface area contributed by atoms with E-state index in [-0.39, 0.29) is 0 Å². The van der Waals surface area contributed by atoms with Crippen molar-refractivity contribution in [2.75, 3.05) is 11.6 Å². The molecule has 1 atom stereocenters. The molecule has 0 amide bonds. The van der Waals surface area contributed by atoms with Gasteiger partial charge in [0.25, 0.3) is 0 Å². The molecular weight excluding hydrogens is 270 g/mol. The van der Waals surface area contributed by atoms with Crippen LogP contribution in [0.5, 0.6) is 0 Å². The fraction of sp³-hybridized carbons (Fsp3) is 0.625. The summed E-state index contributed by atoms with van der Waals surface area (Å²) in [6, 6.07) is 7.58. The maximum atomic E-state index is 11.8. The van der Waals surface area contributed by atoms with Crippen molar-refractivity contribution in [3.63, 3.8) is 0 Å². The van der Waals surface area contributed by atoms with Crippen LogP contribution in [0.15, 0.2) is 29.2 Å². The summed E-state index contributed by atoms with van der Waals surface area (Å²) in [6.45, 7) is 4.64. The molecule has 2 rings (SSSR count). The van der Waals surface area contributed by atoms with Gasteiger partial charge in [-0.2, -0.15) is 0 Å². The Balaban J connectivity index is 2.15. The Kier molecular flexibility index (Phi) is 4.43. The molecule has 0 spiro atoms. The molecule has 1 saturated carbocycles. The molecule has 1 N–H and O–H groups in total. The van der Waals surface area contributed by atoms with Gasteiger partial charge in [0.2, 0.25) is 0 Å². The molecule has 0 aromatic heterocycles. The van der Waals surface area contributed by atoms with Gasteiger partial charge in [-0.1, -0.05) is 32.4 Å². The molecule has 0 bridgehead atoms. The molecule has 112 valence electrons. The Morgan fingerprint density at radius 2 is 1.85 bits per heavy atom. The second-order valence-corrected chi connectivity index (χ2v) is 8.69. The van der Waals surface area contributed by atoms with Crippen LogP contribution in [0.25, 0.3) is 0 Å². The monoisotopic (exact) mass is 295 g/mol. The zero-order valence-corrected chi connectivity index (χ0v) is 13.5. The first-order valence-corrected chi connectivity index (χ1v) is 9.23. The quantitative estimate of drug-likeness (QED) is 0.861. The van der Waals surface area contributed by atoms with Gasteiger partial charge in [0, 0.05) is 12.3 Å². The molecule has 1 aromatic carbocycles. The molecule has 0 saturated heterocycles. The molecule has 20 heavy (non-hydrogen) atoms. The molecule has 1 aliphatic carbocycles. The summed E-state index contributed by atoms with van der Waals surface area (Å²) >= 11 is 0. The number of hydrogen-bond acceptors (Lipinski definition) is 3. The Labute approximate surface area is 122 Å². The standard InChI is InChI=1S/C16H25NO2S/c1-16(2)11-6-7-13(10-12-16)17-14-8-4-5-9-15(14)20(3,18)19/h4-5,8-9,13,17H,6-7,10-12H2,1-3H3. The van der Waals surface area contributed by atoms with E-state index in [2.05, 4.69) is 19.2 Å². The summed E-state index contributed by atoms with van der Waals surface area (Å²) in [5.41, 5.74) is 1.16. The third kappa shape index (κ3) is 3.98. The van der Waals surface area contributed by atoms with Crippen LogP contribution in [0.1, 0.15) is 46.0 Å². The number of nitrogens with one attached hydrogen (secondary N) is 1. The number of hydrogen-bond donors (Lipinski definition) is 1. The van der Waals surface area contributed by atoms with Crippen LogP contribution >= 0.6 is 0 Å². The fourth-order valence-corrected chi connectivity index (χ4v) is 3.79. The average molecular weight is 295 g/mol. The van der Waals surface area contributed by atoms with Crippen LogP contribution in [0.3, 0.4) is 0 Å². The lowest BCUT2D eigenvalue weighted by molar-refractivity contribution is 0.313. The van der Waals surface area contributed by atoms with Gasteiger partial charge in [-0.25, -0.2) is 8.42 Å². The van der Waals surface area contributed by atoms with E-state index in [1.165, 1.54) is 25.5 Å². The third-order valence-corrected chi connectivity index (χ3v) is 5.38. The van der Waals surface area contributed by atoms with Crippen LogP contribution in [0, 0.1) is 5.41 Å². The topological polar surface area (TPSA) is 46.2 Å². The van der Waals surface area contributed by atoms with E-state index in [1.807, 2.05) is 12.1 Å². The molecule has 1 aromatic rings. The van der Waals surface area contributed by atoms with Crippen molar-refractivity contribution >= 4 is 15.5 Å². The highest BCUT2D eigenvalue weighted by Crippen LogP contribution is 2.35. The number of benzene rings is 1. The lowest BCUT2D eigenvalue weighted by atomic mass is 9.85. The average Bonchev–Trinajstić information content (AvgIpc) is 2.50. The second kappa shape index (κ2) is 5.76. The van der Waals surface area contributed by atoms with E-state index in [4.69, 9.17) is 0 Å². The van der Waals surface area contributed by atoms with Crippen molar-refractivity contribution in [1.29, 1.82) is 0 Å². The Morgan fingerprint density at radius 1 is 1.15 bits per heavy atom. The summed E-state index contributed by atoms with van der Waals surface area (Å²) in [6.07, 6.45) is 7.12. The molecule has 1 unspecified atom stereocenters. The predicted molar refractivity (Wildman–Crippen MR) is 83.8 cm³/mol. The van der Waals surface area contributed by atoms with Crippen molar-refractivity contribution in [2.45, 2.75) is 56.9 Å². The van der Waals surface area contributed by atoms with E-state index >= 15 is 0 Å². The molecule has 4 heteroatoms. The summed E-state index contributed by atoms with van der Waals surface area (Å²) in [5, 5.41) is 3.45. The Morgan fingerprint density at radius 3 is 2.55 bits per heavy atom. The van der Waals surface area contributed by atoms with Gasteiger partial charge in [0.05, 0.1) is 10.6 Å². The first-order chi connectivity index (χ1) is 9.28. The van der Waals surface area contributed by atoms with Crippen molar-refractivity contribution in [1.82, 2.24) is 0 Å². The van der Waals surface area contributed by atoms with E-state index in [9.17, 15) is 8.42 Å². The highest BCUT2D eigenvalue weighted by Gasteiger charge is 2.25. The van der Waals surface area contributed by atoms with Crippen LogP contribution in [0.4, 0.5) is 5.69 Å². The molecule has 0 heterocycles. The Bertz CT molecular complexity index is 564. The molecule has 1 fully saturated rings. The Hall–Kier alpha value is -1.03. The van der Waals surface area contributed by atoms with Crippen LogP contribution in [-0.2, 0) is 9.84 Å². The first-order valence-electron chi connectivity index (χ1n) is 7.34. The number of sulfone groups is 1. The zero-order valence-electron chi connectivity index (χ0n) is 12.6. The normalized spacial score (nSPS) is 23.1. The van der Waals surface area contributed by atoms with Gasteiger partial charge < -0.3 is 5.32 Å². The third-order valence-electron chi connectivity index (χ3n) is 4.22. The maximum absolute atomic E-state index is 11.8. The van der Waals surface area contributed by atoms with Crippen LogP contribution in [-0.4, -0.2) is 20.7 Å². The minimum atomic E-state index is -3.18. The fourth-order valence-electron chi connectivity index (χ4n) is 2.93. The number of anilines is 1. The molecule has 0 aliphatic heterocycles. The van der Waals surface area contributed by atoms with Crippen molar-refractivity contribution in [3.8, 4) is 0 Å². The van der Waals surface area contributed by atoms with E-state index in [0.29, 0.717) is 16.4 Å². The van der Waals surface area contributed by atoms with E-state index in [0.717, 1.165) is 18.5 Å². The van der Waals surface area contributed by atoms with Gasteiger partial charge >= 0.3 is 0 Å². The maximum Gasteiger partial charge on any atom is 0.177 e.